The molecule has 0 saturated heterocycles. The van der Waals surface area contributed by atoms with Crippen LogP contribution in [0, 0.1) is 6.92 Å². The van der Waals surface area contributed by atoms with Crippen molar-refractivity contribution in [1.29, 1.82) is 0 Å². The highest BCUT2D eigenvalue weighted by molar-refractivity contribution is 7.89. The maximum atomic E-state index is 13.1. The van der Waals surface area contributed by atoms with Gasteiger partial charge in [0.1, 0.15) is 5.75 Å². The minimum Gasteiger partial charge on any atom is -0.507 e. The average molecular weight is 432 g/mol. The fourth-order valence-electron chi connectivity index (χ4n) is 3.12. The molecule has 150 valence electrons. The van der Waals surface area contributed by atoms with Crippen LogP contribution in [0.4, 0.5) is 0 Å². The lowest BCUT2D eigenvalue weighted by molar-refractivity contribution is 0.174. The van der Waals surface area contributed by atoms with Crippen molar-refractivity contribution in [1.82, 2.24) is 4.72 Å². The van der Waals surface area contributed by atoms with Crippen LogP contribution < -0.4 is 14.2 Å². The summed E-state index contributed by atoms with van der Waals surface area (Å²) >= 11 is 6.36. The van der Waals surface area contributed by atoms with Crippen LogP contribution in [0.3, 0.4) is 0 Å². The Morgan fingerprint density at radius 1 is 1.00 bits per heavy atom. The quantitative estimate of drug-likeness (QED) is 0.633. The van der Waals surface area contributed by atoms with Gasteiger partial charge in [0.15, 0.2) is 11.5 Å². The van der Waals surface area contributed by atoms with Gasteiger partial charge in [-0.25, -0.2) is 8.42 Å². The SMILES string of the molecule is Cc1ccc(S(=O)(=O)NC(c2cc3c(cc2O)OCO3)c2ccccc2Cl)cc1. The molecule has 1 aliphatic heterocycles. The zero-order valence-electron chi connectivity index (χ0n) is 15.4. The summed E-state index contributed by atoms with van der Waals surface area (Å²) in [5.41, 5.74) is 1.75. The summed E-state index contributed by atoms with van der Waals surface area (Å²) in [6, 6.07) is 15.4. The molecule has 0 saturated carbocycles. The van der Waals surface area contributed by atoms with Crippen LogP contribution in [0.25, 0.3) is 0 Å². The van der Waals surface area contributed by atoms with E-state index in [-0.39, 0.29) is 17.4 Å². The Morgan fingerprint density at radius 3 is 2.34 bits per heavy atom. The summed E-state index contributed by atoms with van der Waals surface area (Å²) in [5.74, 6) is 0.681. The second-order valence-corrected chi connectivity index (χ2v) is 8.77. The number of aromatic hydroxyl groups is 1. The normalized spacial score (nSPS) is 14.0. The van der Waals surface area contributed by atoms with Crippen LogP contribution >= 0.6 is 11.6 Å². The van der Waals surface area contributed by atoms with Crippen LogP contribution in [0.5, 0.6) is 17.2 Å². The Morgan fingerprint density at radius 2 is 1.66 bits per heavy atom. The van der Waals surface area contributed by atoms with E-state index >= 15 is 0 Å². The maximum absolute atomic E-state index is 13.1. The van der Waals surface area contributed by atoms with Crippen LogP contribution in [0.1, 0.15) is 22.7 Å². The number of benzene rings is 3. The van der Waals surface area contributed by atoms with Gasteiger partial charge in [0, 0.05) is 16.7 Å². The van der Waals surface area contributed by atoms with Crippen LogP contribution in [-0.4, -0.2) is 20.3 Å². The molecule has 8 heteroatoms. The van der Waals surface area contributed by atoms with Gasteiger partial charge < -0.3 is 14.6 Å². The van der Waals surface area contributed by atoms with Crippen LogP contribution in [0.2, 0.25) is 5.02 Å². The fraction of sp³-hybridized carbons (Fsp3) is 0.143. The molecule has 0 bridgehead atoms. The molecule has 3 aromatic carbocycles. The number of halogens is 1. The number of phenolic OH excluding ortho intramolecular Hbond substituents is 1. The summed E-state index contributed by atoms with van der Waals surface area (Å²) in [6.07, 6.45) is 0. The third-order valence-electron chi connectivity index (χ3n) is 4.65. The number of phenols is 1. The number of nitrogens with one attached hydrogen (secondary N) is 1. The van der Waals surface area contributed by atoms with Crippen molar-refractivity contribution in [2.24, 2.45) is 0 Å². The number of hydrogen-bond donors (Lipinski definition) is 2. The van der Waals surface area contributed by atoms with E-state index in [1.54, 1.807) is 42.5 Å². The predicted octanol–water partition coefficient (Wildman–Crippen LogP) is 4.15. The number of sulfonamides is 1. The van der Waals surface area contributed by atoms with Crippen LogP contribution in [-0.2, 0) is 10.0 Å². The molecular formula is C21H18ClNO5S. The van der Waals surface area contributed by atoms with Crippen molar-refractivity contribution in [3.8, 4) is 17.2 Å². The minimum absolute atomic E-state index is 0.0318. The zero-order valence-corrected chi connectivity index (χ0v) is 17.0. The van der Waals surface area contributed by atoms with E-state index in [9.17, 15) is 13.5 Å². The van der Waals surface area contributed by atoms with Gasteiger partial charge >= 0.3 is 0 Å². The summed E-state index contributed by atoms with van der Waals surface area (Å²) in [6.45, 7) is 1.91. The highest BCUT2D eigenvalue weighted by Gasteiger charge is 2.29. The van der Waals surface area contributed by atoms with Gasteiger partial charge in [-0.1, -0.05) is 47.5 Å². The molecule has 0 aliphatic carbocycles. The standard InChI is InChI=1S/C21H18ClNO5S/c1-13-6-8-14(9-7-13)29(25,26)23-21(15-4-2-3-5-17(15)22)16-10-19-20(11-18(16)24)28-12-27-19/h2-11,21,23-24H,12H2,1H3. The first-order valence-electron chi connectivity index (χ1n) is 8.81. The van der Waals surface area contributed by atoms with Gasteiger partial charge in [0.25, 0.3) is 0 Å². The molecular weight excluding hydrogens is 414 g/mol. The Hall–Kier alpha value is -2.74. The molecule has 1 aliphatic rings. The molecule has 6 nitrogen and oxygen atoms in total. The molecule has 2 N–H and O–H groups in total. The molecule has 0 amide bonds. The number of fused-ring (bicyclic) bond motifs is 1. The lowest BCUT2D eigenvalue weighted by atomic mass is 9.98. The molecule has 0 aromatic heterocycles. The smallest absolute Gasteiger partial charge is 0.241 e. The van der Waals surface area contributed by atoms with Gasteiger partial charge in [-0.05, 0) is 36.8 Å². The Balaban J connectivity index is 1.82. The van der Waals surface area contributed by atoms with Crippen molar-refractivity contribution in [2.45, 2.75) is 17.9 Å². The third kappa shape index (κ3) is 3.89. The van der Waals surface area contributed by atoms with Crippen molar-refractivity contribution >= 4 is 21.6 Å². The van der Waals surface area contributed by atoms with Crippen molar-refractivity contribution < 1.29 is 23.0 Å². The Kier molecular flexibility index (Phi) is 5.12. The Bertz CT molecular complexity index is 1160. The second kappa shape index (κ2) is 7.59. The molecule has 4 rings (SSSR count). The van der Waals surface area contributed by atoms with E-state index in [1.807, 2.05) is 6.92 Å². The maximum Gasteiger partial charge on any atom is 0.241 e. The average Bonchev–Trinajstić information content (AvgIpc) is 3.14. The zero-order chi connectivity index (χ0) is 20.6. The third-order valence-corrected chi connectivity index (χ3v) is 6.44. The van der Waals surface area contributed by atoms with E-state index in [4.69, 9.17) is 21.1 Å². The molecule has 3 aromatic rings. The van der Waals surface area contributed by atoms with Gasteiger partial charge in [0.2, 0.25) is 16.8 Å². The Labute approximate surface area is 173 Å². The first kappa shape index (κ1) is 19.6. The lowest BCUT2D eigenvalue weighted by Crippen LogP contribution is -2.29. The number of hydrogen-bond acceptors (Lipinski definition) is 5. The molecule has 0 spiro atoms. The summed E-state index contributed by atoms with van der Waals surface area (Å²) in [5, 5.41) is 10.9. The van der Waals surface area contributed by atoms with E-state index in [0.29, 0.717) is 27.6 Å². The van der Waals surface area contributed by atoms with Gasteiger partial charge in [-0.2, -0.15) is 4.72 Å². The second-order valence-electron chi connectivity index (χ2n) is 6.65. The van der Waals surface area contributed by atoms with Gasteiger partial charge in [-0.3, -0.25) is 0 Å². The number of rotatable bonds is 5. The van der Waals surface area contributed by atoms with Gasteiger partial charge in [-0.15, -0.1) is 0 Å². The van der Waals surface area contributed by atoms with E-state index in [2.05, 4.69) is 4.72 Å². The summed E-state index contributed by atoms with van der Waals surface area (Å²) in [4.78, 5) is 0.111. The van der Waals surface area contributed by atoms with Crippen molar-refractivity contribution in [3.05, 3.63) is 82.4 Å². The van der Waals surface area contributed by atoms with Crippen LogP contribution in [0.15, 0.2) is 65.6 Å². The molecule has 1 heterocycles. The highest BCUT2D eigenvalue weighted by Crippen LogP contribution is 2.42. The predicted molar refractivity (Wildman–Crippen MR) is 109 cm³/mol. The molecule has 1 atom stereocenters. The molecule has 0 radical (unpaired) electrons. The first-order valence-corrected chi connectivity index (χ1v) is 10.7. The molecule has 0 fully saturated rings. The molecule has 29 heavy (non-hydrogen) atoms. The van der Waals surface area contributed by atoms with Gasteiger partial charge in [0.05, 0.1) is 10.9 Å². The largest absolute Gasteiger partial charge is 0.507 e. The molecule has 1 unspecified atom stereocenters. The van der Waals surface area contributed by atoms with E-state index in [0.717, 1.165) is 5.56 Å². The first-order chi connectivity index (χ1) is 13.8. The lowest BCUT2D eigenvalue weighted by Gasteiger charge is -2.22. The number of aryl methyl sites for hydroxylation is 1. The monoisotopic (exact) mass is 431 g/mol. The number of ether oxygens (including phenoxy) is 2. The highest BCUT2D eigenvalue weighted by atomic mass is 35.5. The van der Waals surface area contributed by atoms with E-state index < -0.39 is 16.1 Å². The summed E-state index contributed by atoms with van der Waals surface area (Å²) < 4.78 is 39.5. The van der Waals surface area contributed by atoms with E-state index in [1.165, 1.54) is 18.2 Å². The topological polar surface area (TPSA) is 84.9 Å². The summed E-state index contributed by atoms with van der Waals surface area (Å²) in [7, 11) is -3.91. The minimum atomic E-state index is -3.91. The van der Waals surface area contributed by atoms with Crippen molar-refractivity contribution in [3.63, 3.8) is 0 Å². The van der Waals surface area contributed by atoms with Crippen molar-refractivity contribution in [2.75, 3.05) is 6.79 Å². The fourth-order valence-corrected chi connectivity index (χ4v) is 4.56.